The van der Waals surface area contributed by atoms with Crippen LogP contribution >= 0.6 is 35.7 Å². The van der Waals surface area contributed by atoms with E-state index in [4.69, 9.17) is 12.2 Å². The average Bonchev–Trinajstić information content (AvgIpc) is 3.14. The number of amides is 1. The first-order valence-electron chi connectivity index (χ1n) is 23.0. The summed E-state index contributed by atoms with van der Waals surface area (Å²) in [5, 5.41) is 9.97. The monoisotopic (exact) mass is 781 g/mol. The smallest absolute Gasteiger partial charge is 0.222 e. The molecule has 0 bridgehead atoms. The molecule has 6 heteroatoms. The van der Waals surface area contributed by atoms with Gasteiger partial charge in [-0.3, -0.25) is 4.79 Å². The number of unbranched alkanes of at least 4 members (excludes halogenated alkanes) is 30. The Morgan fingerprint density at radius 1 is 0.538 bits per heavy atom. The lowest BCUT2D eigenvalue weighted by molar-refractivity contribution is -0.131. The number of hydrogen-bond donors (Lipinski definition) is 0. The Hall–Kier alpha value is -0.250. The minimum absolute atomic E-state index is 0.233. The van der Waals surface area contributed by atoms with E-state index in [-0.39, 0.29) is 5.91 Å². The van der Waals surface area contributed by atoms with Crippen LogP contribution in [0, 0.1) is 11.3 Å². The molecule has 0 radical (unpaired) electrons. The molecular weight excluding hydrogens is 693 g/mol. The molecular formula is C46H88N2OS3. The Morgan fingerprint density at radius 3 is 1.13 bits per heavy atom. The topological polar surface area (TPSA) is 44.1 Å². The molecule has 0 aromatic heterocycles. The minimum atomic E-state index is -0.637. The lowest BCUT2D eigenvalue weighted by Crippen LogP contribution is -2.34. The number of hydrogen-bond acceptors (Lipinski definition) is 5. The van der Waals surface area contributed by atoms with E-state index in [0.29, 0.717) is 12.8 Å². The highest BCUT2D eigenvalue weighted by Gasteiger charge is 2.28. The lowest BCUT2D eigenvalue weighted by Gasteiger charge is -2.26. The molecule has 0 fully saturated rings. The normalized spacial score (nSPS) is 12.5. The Morgan fingerprint density at radius 2 is 0.846 bits per heavy atom. The first kappa shape index (κ1) is 51.8. The Kier molecular flexibility index (Phi) is 40.2. The van der Waals surface area contributed by atoms with Crippen molar-refractivity contribution in [1.29, 1.82) is 5.26 Å². The van der Waals surface area contributed by atoms with Crippen molar-refractivity contribution in [3.63, 3.8) is 0 Å². The number of carbonyl (C=O) groups excluding carboxylic acids is 1. The van der Waals surface area contributed by atoms with Crippen LogP contribution < -0.4 is 0 Å². The number of nitriles is 1. The molecule has 0 aromatic rings. The third kappa shape index (κ3) is 35.5. The minimum Gasteiger partial charge on any atom is -0.343 e. The van der Waals surface area contributed by atoms with Crippen molar-refractivity contribution in [3.05, 3.63) is 0 Å². The highest BCUT2D eigenvalue weighted by atomic mass is 32.2. The predicted molar refractivity (Wildman–Crippen MR) is 242 cm³/mol. The number of nitrogens with zero attached hydrogens (tertiary/aromatic N) is 2. The fraction of sp³-hybridized carbons (Fsp3) is 0.935. The van der Waals surface area contributed by atoms with Gasteiger partial charge >= 0.3 is 0 Å². The number of thiocarbonyl (C=S) groups is 1. The Bertz CT molecular complexity index is 795. The van der Waals surface area contributed by atoms with E-state index in [1.54, 1.807) is 11.8 Å². The van der Waals surface area contributed by atoms with Crippen molar-refractivity contribution < 1.29 is 4.79 Å². The zero-order valence-electron chi connectivity index (χ0n) is 35.4. The fourth-order valence-electron chi connectivity index (χ4n) is 7.09. The standard InChI is InChI=1S/C46H88N2OS3/c1-5-8-10-12-14-16-18-20-22-24-26-28-30-32-34-36-40-48(44(49)38-39-46(4,43-47)52-45(50)51-42-7-3)41-37-35-33-31-29-27-25-23-21-19-17-15-13-11-9-6-2/h5-42H2,1-4H3. The highest BCUT2D eigenvalue weighted by molar-refractivity contribution is 8.47. The highest BCUT2D eigenvalue weighted by Crippen LogP contribution is 2.35. The third-order valence-electron chi connectivity index (χ3n) is 10.7. The molecule has 0 N–H and O–H groups in total. The molecule has 0 saturated heterocycles. The second kappa shape index (κ2) is 40.4. The van der Waals surface area contributed by atoms with Gasteiger partial charge in [0.25, 0.3) is 0 Å². The van der Waals surface area contributed by atoms with Gasteiger partial charge in [-0.05, 0) is 38.4 Å². The molecule has 3 nitrogen and oxygen atoms in total. The van der Waals surface area contributed by atoms with Gasteiger partial charge in [0.15, 0.2) is 0 Å². The SMILES string of the molecule is CCCCCCCCCCCCCCCCCCN(CCCCCCCCCCCCCCCCCC)C(=O)CCC(C)(C#N)SC(=S)SCCC. The van der Waals surface area contributed by atoms with Gasteiger partial charge in [0.2, 0.25) is 5.91 Å². The molecule has 0 aliphatic rings. The molecule has 0 heterocycles. The first-order chi connectivity index (χ1) is 25.4. The van der Waals surface area contributed by atoms with Crippen molar-refractivity contribution in [1.82, 2.24) is 4.90 Å². The zero-order chi connectivity index (χ0) is 38.2. The van der Waals surface area contributed by atoms with Gasteiger partial charge in [0.1, 0.15) is 8.28 Å². The second-order valence-corrected chi connectivity index (χ2v) is 19.8. The summed E-state index contributed by atoms with van der Waals surface area (Å²) < 4.78 is 0.193. The molecule has 0 saturated carbocycles. The summed E-state index contributed by atoms with van der Waals surface area (Å²) in [5.74, 6) is 1.22. The van der Waals surface area contributed by atoms with Crippen molar-refractivity contribution >= 4 is 45.2 Å². The van der Waals surface area contributed by atoms with Crippen molar-refractivity contribution in [2.24, 2.45) is 0 Å². The zero-order valence-corrected chi connectivity index (χ0v) is 37.8. The second-order valence-electron chi connectivity index (χ2n) is 16.0. The lowest BCUT2D eigenvalue weighted by atomic mass is 10.0. The van der Waals surface area contributed by atoms with Crippen LogP contribution in [-0.2, 0) is 4.79 Å². The van der Waals surface area contributed by atoms with E-state index in [0.717, 1.165) is 41.6 Å². The molecule has 0 rings (SSSR count). The van der Waals surface area contributed by atoms with Gasteiger partial charge in [0, 0.05) is 19.5 Å². The molecule has 1 unspecified atom stereocenters. The van der Waals surface area contributed by atoms with Crippen LogP contribution in [0.2, 0.25) is 0 Å². The van der Waals surface area contributed by atoms with E-state index in [9.17, 15) is 10.1 Å². The summed E-state index contributed by atoms with van der Waals surface area (Å²) in [6.45, 7) is 10.4. The number of rotatable bonds is 40. The van der Waals surface area contributed by atoms with Crippen LogP contribution in [0.25, 0.3) is 0 Å². The largest absolute Gasteiger partial charge is 0.343 e. The van der Waals surface area contributed by atoms with Crippen molar-refractivity contribution in [2.75, 3.05) is 18.8 Å². The molecule has 1 atom stereocenters. The molecule has 52 heavy (non-hydrogen) atoms. The summed E-state index contributed by atoms with van der Waals surface area (Å²) in [6, 6.07) is 2.47. The molecule has 0 aromatic carbocycles. The van der Waals surface area contributed by atoms with E-state index >= 15 is 0 Å². The van der Waals surface area contributed by atoms with Crippen LogP contribution in [-0.4, -0.2) is 37.9 Å². The maximum Gasteiger partial charge on any atom is 0.222 e. The Labute approximate surface area is 340 Å². The quantitative estimate of drug-likeness (QED) is 0.0458. The van der Waals surface area contributed by atoms with E-state index < -0.39 is 4.75 Å². The van der Waals surface area contributed by atoms with Gasteiger partial charge in [-0.25, -0.2) is 0 Å². The first-order valence-corrected chi connectivity index (χ1v) is 25.2. The Balaban J connectivity index is 4.34. The summed E-state index contributed by atoms with van der Waals surface area (Å²) in [5.41, 5.74) is 0. The third-order valence-corrected chi connectivity index (χ3v) is 13.7. The van der Waals surface area contributed by atoms with Gasteiger partial charge < -0.3 is 4.90 Å². The van der Waals surface area contributed by atoms with Gasteiger partial charge in [-0.1, -0.05) is 237 Å². The average molecular weight is 781 g/mol. The van der Waals surface area contributed by atoms with Crippen LogP contribution in [0.4, 0.5) is 0 Å². The molecule has 306 valence electrons. The van der Waals surface area contributed by atoms with Crippen LogP contribution in [0.1, 0.15) is 252 Å². The molecule has 1 amide bonds. The molecule has 0 spiro atoms. The van der Waals surface area contributed by atoms with E-state index in [1.165, 1.54) is 204 Å². The molecule has 0 aliphatic carbocycles. The van der Waals surface area contributed by atoms with Crippen LogP contribution in [0.5, 0.6) is 0 Å². The van der Waals surface area contributed by atoms with E-state index in [2.05, 4.69) is 31.7 Å². The van der Waals surface area contributed by atoms with Gasteiger partial charge in [0.05, 0.1) is 6.07 Å². The maximum atomic E-state index is 13.5. The molecule has 0 aliphatic heterocycles. The number of carbonyl (C=O) groups is 1. The van der Waals surface area contributed by atoms with Crippen LogP contribution in [0.15, 0.2) is 0 Å². The van der Waals surface area contributed by atoms with Crippen molar-refractivity contribution in [2.45, 2.75) is 257 Å². The van der Waals surface area contributed by atoms with Gasteiger partial charge in [-0.15, -0.1) is 11.8 Å². The summed E-state index contributed by atoms with van der Waals surface area (Å²) >= 11 is 8.69. The summed E-state index contributed by atoms with van der Waals surface area (Å²) in [4.78, 5) is 15.7. The summed E-state index contributed by atoms with van der Waals surface area (Å²) in [6.07, 6.45) is 45.8. The van der Waals surface area contributed by atoms with Crippen molar-refractivity contribution in [3.8, 4) is 6.07 Å². The maximum absolute atomic E-state index is 13.5. The van der Waals surface area contributed by atoms with Gasteiger partial charge in [-0.2, -0.15) is 5.26 Å². The summed E-state index contributed by atoms with van der Waals surface area (Å²) in [7, 11) is 0. The predicted octanol–water partition coefficient (Wildman–Crippen LogP) is 16.6. The van der Waals surface area contributed by atoms with Crippen LogP contribution in [0.3, 0.4) is 0 Å². The number of thioether (sulfide) groups is 2. The van der Waals surface area contributed by atoms with E-state index in [1.807, 2.05) is 6.92 Å². The fourth-order valence-corrected chi connectivity index (χ4v) is 9.92.